The molecule has 0 saturated carbocycles. The number of thiophene rings is 1. The maximum atomic E-state index is 10.6. The molecule has 0 radical (unpaired) electrons. The number of rotatable bonds is 7. The quantitative estimate of drug-likeness (QED) is 0.561. The van der Waals surface area contributed by atoms with Crippen LogP contribution in [0.15, 0.2) is 58.9 Å². The van der Waals surface area contributed by atoms with Crippen molar-refractivity contribution in [2.75, 3.05) is 38.6 Å². The van der Waals surface area contributed by atoms with Gasteiger partial charge in [-0.1, -0.05) is 36.4 Å². The van der Waals surface area contributed by atoms with Gasteiger partial charge in [-0.15, -0.1) is 23.1 Å². The molecule has 0 bridgehead atoms. The van der Waals surface area contributed by atoms with Crippen molar-refractivity contribution in [2.45, 2.75) is 11.1 Å². The number of β-amino-alcohol motifs (C(OH)–C–C–N with tert-alkyl or cyclic N) is 1. The van der Waals surface area contributed by atoms with Gasteiger partial charge in [0.15, 0.2) is 0 Å². The van der Waals surface area contributed by atoms with E-state index in [1.54, 1.807) is 11.3 Å². The van der Waals surface area contributed by atoms with E-state index in [9.17, 15) is 10.4 Å². The van der Waals surface area contributed by atoms with Crippen molar-refractivity contribution in [3.05, 3.63) is 59.5 Å². The van der Waals surface area contributed by atoms with Crippen LogP contribution in [0.3, 0.4) is 0 Å². The third kappa shape index (κ3) is 5.09. The maximum absolute atomic E-state index is 10.6. The van der Waals surface area contributed by atoms with E-state index in [4.69, 9.17) is 9.72 Å². The van der Waals surface area contributed by atoms with Crippen molar-refractivity contribution in [1.82, 2.24) is 9.88 Å². The van der Waals surface area contributed by atoms with Crippen molar-refractivity contribution in [2.24, 2.45) is 0 Å². The molecule has 1 atom stereocenters. The Balaban J connectivity index is 1.61. The van der Waals surface area contributed by atoms with Crippen molar-refractivity contribution in [3.8, 4) is 27.8 Å². The minimum absolute atomic E-state index is 0.487. The second kappa shape index (κ2) is 10.2. The maximum Gasteiger partial charge on any atom is 0.115 e. The molecule has 1 aliphatic rings. The van der Waals surface area contributed by atoms with E-state index >= 15 is 0 Å². The van der Waals surface area contributed by atoms with Crippen LogP contribution >= 0.6 is 23.1 Å². The van der Waals surface area contributed by atoms with Gasteiger partial charge in [0.25, 0.3) is 0 Å². The Hall–Kier alpha value is -2.21. The Morgan fingerprint density at radius 2 is 2.00 bits per heavy atom. The minimum atomic E-state index is -0.494. The van der Waals surface area contributed by atoms with Gasteiger partial charge in [0.1, 0.15) is 11.1 Å². The van der Waals surface area contributed by atoms with E-state index in [2.05, 4.69) is 11.0 Å². The van der Waals surface area contributed by atoms with Crippen molar-refractivity contribution < 1.29 is 9.84 Å². The van der Waals surface area contributed by atoms with Crippen LogP contribution in [0.1, 0.15) is 5.56 Å². The van der Waals surface area contributed by atoms with Crippen molar-refractivity contribution >= 4 is 23.1 Å². The Kier molecular flexibility index (Phi) is 7.16. The molecule has 0 amide bonds. The summed E-state index contributed by atoms with van der Waals surface area (Å²) >= 11 is 3.08. The van der Waals surface area contributed by atoms with Gasteiger partial charge in [0.05, 0.1) is 35.5 Å². The number of nitriles is 1. The van der Waals surface area contributed by atoms with E-state index in [0.29, 0.717) is 36.1 Å². The zero-order valence-corrected chi connectivity index (χ0v) is 18.2. The summed E-state index contributed by atoms with van der Waals surface area (Å²) in [6, 6.07) is 18.3. The normalized spacial score (nSPS) is 15.6. The van der Waals surface area contributed by atoms with Crippen LogP contribution in [0, 0.1) is 11.3 Å². The van der Waals surface area contributed by atoms with Gasteiger partial charge in [-0.05, 0) is 23.1 Å². The first-order chi connectivity index (χ1) is 14.7. The molecule has 7 heteroatoms. The zero-order chi connectivity index (χ0) is 20.8. The lowest BCUT2D eigenvalue weighted by atomic mass is 10.0. The second-order valence-corrected chi connectivity index (χ2v) is 9.02. The van der Waals surface area contributed by atoms with Crippen molar-refractivity contribution in [1.29, 1.82) is 5.26 Å². The molecule has 0 aliphatic carbocycles. The number of pyridine rings is 1. The molecular formula is C23H23N3O2S2. The third-order valence-corrected chi connectivity index (χ3v) is 6.95. The van der Waals surface area contributed by atoms with Gasteiger partial charge in [-0.25, -0.2) is 4.98 Å². The summed E-state index contributed by atoms with van der Waals surface area (Å²) in [5, 5.41) is 23.2. The summed E-state index contributed by atoms with van der Waals surface area (Å²) in [5.41, 5.74) is 3.28. The average Bonchev–Trinajstić information content (AvgIpc) is 3.33. The van der Waals surface area contributed by atoms with Gasteiger partial charge in [0, 0.05) is 31.0 Å². The summed E-state index contributed by atoms with van der Waals surface area (Å²) in [5.74, 6) is 0.487. The number of nitrogens with zero attached hydrogens (tertiary/aromatic N) is 3. The molecule has 1 fully saturated rings. The lowest BCUT2D eigenvalue weighted by Crippen LogP contribution is -2.41. The number of hydrogen-bond acceptors (Lipinski definition) is 7. The molecule has 1 aliphatic heterocycles. The van der Waals surface area contributed by atoms with Gasteiger partial charge < -0.3 is 9.84 Å². The fourth-order valence-electron chi connectivity index (χ4n) is 3.44. The number of aliphatic hydroxyl groups excluding tert-OH is 1. The first-order valence-corrected chi connectivity index (χ1v) is 11.8. The summed E-state index contributed by atoms with van der Waals surface area (Å²) in [7, 11) is 0. The van der Waals surface area contributed by atoms with Crippen LogP contribution < -0.4 is 0 Å². The first-order valence-electron chi connectivity index (χ1n) is 9.90. The molecule has 3 heterocycles. The lowest BCUT2D eigenvalue weighted by Gasteiger charge is -2.28. The largest absolute Gasteiger partial charge is 0.391 e. The zero-order valence-electron chi connectivity index (χ0n) is 16.5. The van der Waals surface area contributed by atoms with E-state index in [1.807, 2.05) is 53.9 Å². The molecule has 3 aromatic rings. The number of aromatic nitrogens is 1. The Morgan fingerprint density at radius 3 is 2.70 bits per heavy atom. The number of benzene rings is 1. The van der Waals surface area contributed by atoms with Crippen LogP contribution in [0.5, 0.6) is 0 Å². The SMILES string of the molecule is N#Cc1c(-c2ccccc2)cc(-c2cccs2)nc1SCC(O)CN1CCOCC1. The van der Waals surface area contributed by atoms with Crippen LogP contribution in [-0.2, 0) is 4.74 Å². The molecule has 1 saturated heterocycles. The van der Waals surface area contributed by atoms with Crippen LogP contribution in [0.25, 0.3) is 21.7 Å². The standard InChI is InChI=1S/C23H23N3O2S2/c24-14-20-19(17-5-2-1-3-6-17)13-21(22-7-4-12-29-22)25-23(20)30-16-18(27)15-26-8-10-28-11-9-26/h1-7,12-13,18,27H,8-11,15-16H2. The Bertz CT molecular complexity index is 997. The highest BCUT2D eigenvalue weighted by Crippen LogP contribution is 2.35. The lowest BCUT2D eigenvalue weighted by molar-refractivity contribution is 0.0188. The Labute approximate surface area is 185 Å². The van der Waals surface area contributed by atoms with E-state index < -0.39 is 6.10 Å². The molecule has 30 heavy (non-hydrogen) atoms. The van der Waals surface area contributed by atoms with Crippen LogP contribution in [-0.4, -0.2) is 59.7 Å². The number of morpholine rings is 1. The highest BCUT2D eigenvalue weighted by Gasteiger charge is 2.19. The van der Waals surface area contributed by atoms with Gasteiger partial charge >= 0.3 is 0 Å². The van der Waals surface area contributed by atoms with E-state index in [-0.39, 0.29) is 0 Å². The molecule has 2 aromatic heterocycles. The van der Waals surface area contributed by atoms with Crippen LogP contribution in [0.4, 0.5) is 0 Å². The number of ether oxygens (including phenoxy) is 1. The molecule has 1 aromatic carbocycles. The van der Waals surface area contributed by atoms with Gasteiger partial charge in [0.2, 0.25) is 0 Å². The first kappa shape index (κ1) is 21.0. The summed E-state index contributed by atoms with van der Waals surface area (Å²) in [4.78, 5) is 8.07. The molecule has 1 N–H and O–H groups in total. The van der Waals surface area contributed by atoms with Gasteiger partial charge in [-0.2, -0.15) is 5.26 Å². The van der Waals surface area contributed by atoms with Gasteiger partial charge in [-0.3, -0.25) is 4.90 Å². The highest BCUT2D eigenvalue weighted by molar-refractivity contribution is 7.99. The molecule has 4 rings (SSSR count). The number of hydrogen-bond donors (Lipinski definition) is 1. The number of thioether (sulfide) groups is 1. The number of aliphatic hydroxyl groups is 1. The molecule has 154 valence electrons. The minimum Gasteiger partial charge on any atom is -0.391 e. The smallest absolute Gasteiger partial charge is 0.115 e. The highest BCUT2D eigenvalue weighted by atomic mass is 32.2. The molecule has 0 spiro atoms. The fraction of sp³-hybridized carbons (Fsp3) is 0.304. The van der Waals surface area contributed by atoms with E-state index in [1.165, 1.54) is 11.8 Å². The fourth-order valence-corrected chi connectivity index (χ4v) is 5.04. The second-order valence-electron chi connectivity index (χ2n) is 7.07. The van der Waals surface area contributed by atoms with Crippen molar-refractivity contribution in [3.63, 3.8) is 0 Å². The molecular weight excluding hydrogens is 414 g/mol. The summed E-state index contributed by atoms with van der Waals surface area (Å²) in [6.07, 6.45) is -0.494. The summed E-state index contributed by atoms with van der Waals surface area (Å²) < 4.78 is 5.37. The van der Waals surface area contributed by atoms with Crippen LogP contribution in [0.2, 0.25) is 0 Å². The average molecular weight is 438 g/mol. The molecule has 5 nitrogen and oxygen atoms in total. The van der Waals surface area contributed by atoms with E-state index in [0.717, 1.165) is 34.8 Å². The molecule has 1 unspecified atom stereocenters. The Morgan fingerprint density at radius 1 is 1.20 bits per heavy atom. The topological polar surface area (TPSA) is 69.4 Å². The third-order valence-electron chi connectivity index (χ3n) is 4.94. The monoisotopic (exact) mass is 437 g/mol. The predicted molar refractivity (Wildman–Crippen MR) is 122 cm³/mol. The summed E-state index contributed by atoms with van der Waals surface area (Å²) in [6.45, 7) is 3.71. The predicted octanol–water partition coefficient (Wildman–Crippen LogP) is 4.13.